The van der Waals surface area contributed by atoms with Crippen molar-refractivity contribution in [2.45, 2.75) is 37.6 Å². The second kappa shape index (κ2) is 5.99. The van der Waals surface area contributed by atoms with Crippen molar-refractivity contribution in [2.75, 3.05) is 5.33 Å². The lowest BCUT2D eigenvalue weighted by molar-refractivity contribution is -0.122. The van der Waals surface area contributed by atoms with Gasteiger partial charge in [-0.25, -0.2) is 8.78 Å². The Labute approximate surface area is 119 Å². The zero-order valence-corrected chi connectivity index (χ0v) is 12.1. The summed E-state index contributed by atoms with van der Waals surface area (Å²) in [7, 11) is 0. The third-order valence-electron chi connectivity index (χ3n) is 3.57. The van der Waals surface area contributed by atoms with Gasteiger partial charge in [0, 0.05) is 10.9 Å². The van der Waals surface area contributed by atoms with Gasteiger partial charge in [-0.15, -0.1) is 0 Å². The summed E-state index contributed by atoms with van der Waals surface area (Å²) in [6.07, 6.45) is 4.21. The Hall–Kier alpha value is -0.970. The maximum absolute atomic E-state index is 13.1. The van der Waals surface area contributed by atoms with Crippen LogP contribution in [0.4, 0.5) is 8.78 Å². The predicted octanol–water partition coefficient (Wildman–Crippen LogP) is 3.33. The third kappa shape index (κ3) is 3.53. The Kier molecular flexibility index (Phi) is 4.55. The monoisotopic (exact) mass is 331 g/mol. The van der Waals surface area contributed by atoms with E-state index in [1.807, 2.05) is 0 Å². The first-order chi connectivity index (χ1) is 9.04. The van der Waals surface area contributed by atoms with Gasteiger partial charge in [0.1, 0.15) is 0 Å². The summed E-state index contributed by atoms with van der Waals surface area (Å²) < 4.78 is 25.9. The van der Waals surface area contributed by atoms with Gasteiger partial charge in [0.15, 0.2) is 11.6 Å². The number of nitrogens with one attached hydrogen (secondary N) is 1. The highest BCUT2D eigenvalue weighted by atomic mass is 79.9. The summed E-state index contributed by atoms with van der Waals surface area (Å²) in [6, 6.07) is 3.56. The number of hydrogen-bond acceptors (Lipinski definition) is 1. The van der Waals surface area contributed by atoms with Crippen LogP contribution in [-0.2, 0) is 11.2 Å². The van der Waals surface area contributed by atoms with Crippen LogP contribution in [0.25, 0.3) is 0 Å². The van der Waals surface area contributed by atoms with Crippen LogP contribution in [0.5, 0.6) is 0 Å². The number of halogens is 3. The Morgan fingerprint density at radius 1 is 1.26 bits per heavy atom. The quantitative estimate of drug-likeness (QED) is 0.842. The van der Waals surface area contributed by atoms with Crippen molar-refractivity contribution >= 4 is 21.8 Å². The number of hydrogen-bond donors (Lipinski definition) is 1. The minimum Gasteiger partial charge on any atom is -0.350 e. The summed E-state index contributed by atoms with van der Waals surface area (Å²) in [5, 5.41) is 3.75. The summed E-state index contributed by atoms with van der Waals surface area (Å²) in [6.45, 7) is 0. The molecule has 1 aromatic carbocycles. The van der Waals surface area contributed by atoms with Crippen LogP contribution in [0.15, 0.2) is 18.2 Å². The van der Waals surface area contributed by atoms with Crippen molar-refractivity contribution in [3.8, 4) is 0 Å². The van der Waals surface area contributed by atoms with Crippen LogP contribution in [0.1, 0.15) is 31.2 Å². The van der Waals surface area contributed by atoms with Crippen molar-refractivity contribution in [3.05, 3.63) is 35.4 Å². The molecule has 0 radical (unpaired) electrons. The molecule has 0 unspecified atom stereocenters. The first-order valence-electron chi connectivity index (χ1n) is 6.36. The fraction of sp³-hybridized carbons (Fsp3) is 0.500. The highest BCUT2D eigenvalue weighted by Gasteiger charge is 2.33. The van der Waals surface area contributed by atoms with E-state index in [9.17, 15) is 13.6 Å². The van der Waals surface area contributed by atoms with Gasteiger partial charge in [0.05, 0.1) is 6.42 Å². The van der Waals surface area contributed by atoms with Gasteiger partial charge in [-0.1, -0.05) is 34.8 Å². The lowest BCUT2D eigenvalue weighted by Crippen LogP contribution is -2.48. The number of benzene rings is 1. The Morgan fingerprint density at radius 3 is 2.53 bits per heavy atom. The van der Waals surface area contributed by atoms with Crippen molar-refractivity contribution in [3.63, 3.8) is 0 Å². The molecule has 1 aromatic rings. The van der Waals surface area contributed by atoms with Crippen molar-refractivity contribution in [1.82, 2.24) is 5.32 Å². The molecule has 104 valence electrons. The van der Waals surface area contributed by atoms with Gasteiger partial charge in [0.2, 0.25) is 5.91 Å². The molecule has 5 heteroatoms. The third-order valence-corrected chi connectivity index (χ3v) is 4.64. The van der Waals surface area contributed by atoms with Crippen LogP contribution in [0.2, 0.25) is 0 Å². The minimum atomic E-state index is -0.915. The van der Waals surface area contributed by atoms with Gasteiger partial charge < -0.3 is 5.32 Å². The van der Waals surface area contributed by atoms with Crippen LogP contribution in [0.3, 0.4) is 0 Å². The van der Waals surface area contributed by atoms with Crippen molar-refractivity contribution < 1.29 is 13.6 Å². The van der Waals surface area contributed by atoms with E-state index in [1.165, 1.54) is 6.07 Å². The molecule has 1 saturated carbocycles. The normalized spacial score (nSPS) is 17.4. The smallest absolute Gasteiger partial charge is 0.224 e. The van der Waals surface area contributed by atoms with Gasteiger partial charge in [-0.05, 0) is 30.5 Å². The number of carbonyl (C=O) groups is 1. The molecule has 0 heterocycles. The molecule has 0 bridgehead atoms. The Morgan fingerprint density at radius 2 is 1.95 bits per heavy atom. The molecule has 1 amide bonds. The maximum Gasteiger partial charge on any atom is 0.224 e. The summed E-state index contributed by atoms with van der Waals surface area (Å²) in [5.41, 5.74) is 0.314. The molecule has 1 fully saturated rings. The topological polar surface area (TPSA) is 29.1 Å². The highest BCUT2D eigenvalue weighted by Crippen LogP contribution is 2.31. The van der Waals surface area contributed by atoms with Gasteiger partial charge in [0.25, 0.3) is 0 Å². The van der Waals surface area contributed by atoms with E-state index >= 15 is 0 Å². The molecule has 0 spiro atoms. The number of rotatable bonds is 4. The molecule has 1 aliphatic carbocycles. The zero-order chi connectivity index (χ0) is 13.9. The van der Waals surface area contributed by atoms with E-state index < -0.39 is 11.6 Å². The SMILES string of the molecule is O=C(Cc1ccc(F)c(F)c1)NC1(CBr)CCCC1. The first-order valence-corrected chi connectivity index (χ1v) is 7.48. The fourth-order valence-corrected chi connectivity index (χ4v) is 3.22. The fourth-order valence-electron chi connectivity index (χ4n) is 2.52. The summed E-state index contributed by atoms with van der Waals surface area (Å²) in [5.74, 6) is -1.95. The van der Waals surface area contributed by atoms with E-state index in [2.05, 4.69) is 21.2 Å². The molecule has 0 aliphatic heterocycles. The minimum absolute atomic E-state index is 0.0753. The highest BCUT2D eigenvalue weighted by molar-refractivity contribution is 9.09. The van der Waals surface area contributed by atoms with Crippen LogP contribution in [0, 0.1) is 11.6 Å². The Bertz CT molecular complexity index is 473. The molecule has 2 nitrogen and oxygen atoms in total. The molecule has 0 aromatic heterocycles. The standard InChI is InChI=1S/C14H16BrF2NO/c15-9-14(5-1-2-6-14)18-13(19)8-10-3-4-11(16)12(17)7-10/h3-4,7H,1-2,5-6,8-9H2,(H,18,19). The van der Waals surface area contributed by atoms with E-state index in [0.29, 0.717) is 5.56 Å². The largest absolute Gasteiger partial charge is 0.350 e. The summed E-state index contributed by atoms with van der Waals surface area (Å²) >= 11 is 3.44. The first kappa shape index (κ1) is 14.4. The number of alkyl halides is 1. The van der Waals surface area contributed by atoms with Gasteiger partial charge >= 0.3 is 0 Å². The molecule has 1 aliphatic rings. The molecular formula is C14H16BrF2NO. The van der Waals surface area contributed by atoms with Crippen LogP contribution >= 0.6 is 15.9 Å². The molecule has 2 rings (SSSR count). The van der Waals surface area contributed by atoms with Gasteiger partial charge in [-0.3, -0.25) is 4.79 Å². The lowest BCUT2D eigenvalue weighted by Gasteiger charge is -2.28. The maximum atomic E-state index is 13.1. The molecule has 1 N–H and O–H groups in total. The number of carbonyl (C=O) groups excluding carboxylic acids is 1. The molecule has 19 heavy (non-hydrogen) atoms. The average molecular weight is 332 g/mol. The van der Waals surface area contributed by atoms with E-state index in [0.717, 1.165) is 43.1 Å². The van der Waals surface area contributed by atoms with Crippen molar-refractivity contribution in [2.24, 2.45) is 0 Å². The lowest BCUT2D eigenvalue weighted by atomic mass is 10.00. The van der Waals surface area contributed by atoms with Crippen LogP contribution < -0.4 is 5.32 Å². The van der Waals surface area contributed by atoms with Crippen molar-refractivity contribution in [1.29, 1.82) is 0 Å². The second-order valence-corrected chi connectivity index (χ2v) is 5.66. The van der Waals surface area contributed by atoms with E-state index in [1.54, 1.807) is 0 Å². The molecular weight excluding hydrogens is 316 g/mol. The Balaban J connectivity index is 1.99. The van der Waals surface area contributed by atoms with E-state index in [4.69, 9.17) is 0 Å². The summed E-state index contributed by atoms with van der Waals surface area (Å²) in [4.78, 5) is 12.0. The number of amides is 1. The average Bonchev–Trinajstić information content (AvgIpc) is 2.83. The van der Waals surface area contributed by atoms with Crippen LogP contribution in [-0.4, -0.2) is 16.8 Å². The predicted molar refractivity (Wildman–Crippen MR) is 73.2 cm³/mol. The van der Waals surface area contributed by atoms with Gasteiger partial charge in [-0.2, -0.15) is 0 Å². The molecule has 0 saturated heterocycles. The zero-order valence-electron chi connectivity index (χ0n) is 10.5. The van der Waals surface area contributed by atoms with E-state index in [-0.39, 0.29) is 17.9 Å². The molecule has 0 atom stereocenters. The second-order valence-electron chi connectivity index (χ2n) is 5.09.